The Labute approximate surface area is 127 Å². The second kappa shape index (κ2) is 5.69. The van der Waals surface area contributed by atoms with Crippen LogP contribution in [0.5, 0.6) is 0 Å². The van der Waals surface area contributed by atoms with Crippen LogP contribution < -0.4 is 5.32 Å². The minimum Gasteiger partial charge on any atom is -0.311 e. The summed E-state index contributed by atoms with van der Waals surface area (Å²) in [5.41, 5.74) is 2.50. The lowest BCUT2D eigenvalue weighted by Gasteiger charge is -2.34. The number of nitrogens with zero attached hydrogens (tertiary/aromatic N) is 2. The van der Waals surface area contributed by atoms with Gasteiger partial charge in [-0.05, 0) is 52.0 Å². The number of rotatable bonds is 4. The smallest absolute Gasteiger partial charge is 0.0847 e. The molecular formula is C16H26ClN3. The molecule has 1 saturated carbocycles. The van der Waals surface area contributed by atoms with Crippen molar-refractivity contribution in [1.82, 2.24) is 15.1 Å². The van der Waals surface area contributed by atoms with E-state index in [1.54, 1.807) is 0 Å². The molecule has 0 radical (unpaired) electrons. The van der Waals surface area contributed by atoms with Gasteiger partial charge in [-0.1, -0.05) is 24.4 Å². The van der Waals surface area contributed by atoms with Gasteiger partial charge in [0, 0.05) is 18.5 Å². The van der Waals surface area contributed by atoms with Crippen molar-refractivity contribution in [2.75, 3.05) is 6.54 Å². The Kier molecular flexibility index (Phi) is 4.09. The van der Waals surface area contributed by atoms with E-state index in [2.05, 4.69) is 22.0 Å². The molecule has 1 aliphatic heterocycles. The first-order valence-electron chi connectivity index (χ1n) is 8.13. The molecule has 1 saturated heterocycles. The van der Waals surface area contributed by atoms with Crippen LogP contribution in [-0.2, 0) is 13.0 Å². The largest absolute Gasteiger partial charge is 0.311 e. The number of aromatic nitrogens is 2. The molecule has 20 heavy (non-hydrogen) atoms. The van der Waals surface area contributed by atoms with Gasteiger partial charge in [-0.15, -0.1) is 0 Å². The van der Waals surface area contributed by atoms with E-state index in [1.165, 1.54) is 44.2 Å². The van der Waals surface area contributed by atoms with Gasteiger partial charge in [0.25, 0.3) is 0 Å². The van der Waals surface area contributed by atoms with E-state index >= 15 is 0 Å². The zero-order valence-corrected chi connectivity index (χ0v) is 13.5. The second-order valence-corrected chi connectivity index (χ2v) is 6.88. The number of aryl methyl sites for hydroxylation is 2. The fraction of sp³-hybridized carbons (Fsp3) is 0.812. The molecule has 2 aliphatic rings. The van der Waals surface area contributed by atoms with Crippen molar-refractivity contribution in [2.24, 2.45) is 5.92 Å². The standard InChI is InChI=1S/C16H26ClN3/c1-3-20-14(15(17)12(2)19-20)11-16(13-7-8-13)9-5-4-6-10-18-16/h13,18H,3-11H2,1-2H3. The maximum Gasteiger partial charge on any atom is 0.0847 e. The molecule has 3 nitrogen and oxygen atoms in total. The highest BCUT2D eigenvalue weighted by Crippen LogP contribution is 2.45. The van der Waals surface area contributed by atoms with E-state index in [0.717, 1.165) is 36.1 Å². The summed E-state index contributed by atoms with van der Waals surface area (Å²) < 4.78 is 2.11. The SMILES string of the molecule is CCn1nc(C)c(Cl)c1CC1(C2CC2)CCCCCN1. The molecule has 112 valence electrons. The van der Waals surface area contributed by atoms with Gasteiger partial charge in [0.1, 0.15) is 0 Å². The highest BCUT2D eigenvalue weighted by atomic mass is 35.5. The maximum absolute atomic E-state index is 6.53. The zero-order valence-electron chi connectivity index (χ0n) is 12.7. The van der Waals surface area contributed by atoms with Gasteiger partial charge >= 0.3 is 0 Å². The molecule has 3 rings (SSSR count). The van der Waals surface area contributed by atoms with E-state index in [1.807, 2.05) is 6.92 Å². The predicted octanol–water partition coefficient (Wildman–Crippen LogP) is 3.72. The van der Waals surface area contributed by atoms with Crippen LogP contribution in [0.3, 0.4) is 0 Å². The van der Waals surface area contributed by atoms with Crippen molar-refractivity contribution in [3.05, 3.63) is 16.4 Å². The summed E-state index contributed by atoms with van der Waals surface area (Å²) in [6.07, 6.45) is 9.12. The van der Waals surface area contributed by atoms with Crippen LogP contribution in [0.15, 0.2) is 0 Å². The van der Waals surface area contributed by atoms with Gasteiger partial charge in [0.05, 0.1) is 16.4 Å². The summed E-state index contributed by atoms with van der Waals surface area (Å²) >= 11 is 6.53. The third-order valence-electron chi connectivity index (χ3n) is 5.07. The topological polar surface area (TPSA) is 29.9 Å². The van der Waals surface area contributed by atoms with Gasteiger partial charge in [-0.2, -0.15) is 5.10 Å². The van der Waals surface area contributed by atoms with Crippen LogP contribution in [0.25, 0.3) is 0 Å². The average Bonchev–Trinajstić information content (AvgIpc) is 3.25. The van der Waals surface area contributed by atoms with Gasteiger partial charge in [0.2, 0.25) is 0 Å². The quantitative estimate of drug-likeness (QED) is 0.917. The predicted molar refractivity (Wildman–Crippen MR) is 83.3 cm³/mol. The molecular weight excluding hydrogens is 270 g/mol. The van der Waals surface area contributed by atoms with Crippen LogP contribution in [0.1, 0.15) is 56.8 Å². The third-order valence-corrected chi connectivity index (χ3v) is 5.56. The lowest BCUT2D eigenvalue weighted by atomic mass is 9.83. The molecule has 1 aliphatic carbocycles. The molecule has 1 atom stereocenters. The van der Waals surface area contributed by atoms with Gasteiger partial charge in [-0.3, -0.25) is 4.68 Å². The fourth-order valence-electron chi connectivity index (χ4n) is 3.78. The summed E-state index contributed by atoms with van der Waals surface area (Å²) in [6.45, 7) is 6.23. The Morgan fingerprint density at radius 1 is 1.35 bits per heavy atom. The van der Waals surface area contributed by atoms with Crippen molar-refractivity contribution in [2.45, 2.75) is 70.9 Å². The molecule has 1 N–H and O–H groups in total. The van der Waals surface area contributed by atoms with Crippen LogP contribution in [0.2, 0.25) is 5.02 Å². The average molecular weight is 296 g/mol. The number of halogens is 1. The van der Waals surface area contributed by atoms with E-state index < -0.39 is 0 Å². The van der Waals surface area contributed by atoms with Gasteiger partial charge < -0.3 is 5.32 Å². The normalized spacial score (nSPS) is 27.6. The first kappa shape index (κ1) is 14.4. The lowest BCUT2D eigenvalue weighted by molar-refractivity contribution is 0.265. The second-order valence-electron chi connectivity index (χ2n) is 6.51. The molecule has 4 heteroatoms. The maximum atomic E-state index is 6.53. The van der Waals surface area contributed by atoms with Crippen LogP contribution in [0, 0.1) is 12.8 Å². The molecule has 2 fully saturated rings. The van der Waals surface area contributed by atoms with E-state index in [4.69, 9.17) is 11.6 Å². The summed E-state index contributed by atoms with van der Waals surface area (Å²) in [4.78, 5) is 0. The third kappa shape index (κ3) is 2.62. The van der Waals surface area contributed by atoms with E-state index in [9.17, 15) is 0 Å². The van der Waals surface area contributed by atoms with Crippen molar-refractivity contribution < 1.29 is 0 Å². The summed E-state index contributed by atoms with van der Waals surface area (Å²) in [5, 5.41) is 9.37. The molecule has 1 unspecified atom stereocenters. The van der Waals surface area contributed by atoms with Crippen molar-refractivity contribution in [1.29, 1.82) is 0 Å². The van der Waals surface area contributed by atoms with Gasteiger partial charge in [-0.25, -0.2) is 0 Å². The Balaban J connectivity index is 1.90. The molecule has 2 heterocycles. The Morgan fingerprint density at radius 2 is 2.15 bits per heavy atom. The Bertz CT molecular complexity index is 468. The highest BCUT2D eigenvalue weighted by molar-refractivity contribution is 6.31. The molecule has 0 aromatic carbocycles. The number of hydrogen-bond acceptors (Lipinski definition) is 2. The summed E-state index contributed by atoms with van der Waals surface area (Å²) in [5.74, 6) is 0.845. The van der Waals surface area contributed by atoms with Crippen LogP contribution in [0.4, 0.5) is 0 Å². The monoisotopic (exact) mass is 295 g/mol. The summed E-state index contributed by atoms with van der Waals surface area (Å²) in [6, 6.07) is 0. The fourth-order valence-corrected chi connectivity index (χ4v) is 3.99. The zero-order chi connectivity index (χ0) is 14.2. The van der Waals surface area contributed by atoms with Crippen molar-refractivity contribution >= 4 is 11.6 Å². The molecule has 0 amide bonds. The first-order valence-corrected chi connectivity index (χ1v) is 8.51. The van der Waals surface area contributed by atoms with Crippen LogP contribution >= 0.6 is 11.6 Å². The Morgan fingerprint density at radius 3 is 2.85 bits per heavy atom. The Hall–Kier alpha value is -0.540. The van der Waals surface area contributed by atoms with Crippen molar-refractivity contribution in [3.63, 3.8) is 0 Å². The number of hydrogen-bond donors (Lipinski definition) is 1. The molecule has 1 aromatic rings. The van der Waals surface area contributed by atoms with Crippen LogP contribution in [-0.4, -0.2) is 21.9 Å². The highest BCUT2D eigenvalue weighted by Gasteiger charge is 2.45. The minimum atomic E-state index is 0.277. The first-order chi connectivity index (χ1) is 9.66. The van der Waals surface area contributed by atoms with Gasteiger partial charge in [0.15, 0.2) is 0 Å². The molecule has 0 spiro atoms. The minimum absolute atomic E-state index is 0.277. The van der Waals surface area contributed by atoms with E-state index in [-0.39, 0.29) is 5.54 Å². The van der Waals surface area contributed by atoms with Crippen molar-refractivity contribution in [3.8, 4) is 0 Å². The summed E-state index contributed by atoms with van der Waals surface area (Å²) in [7, 11) is 0. The lowest BCUT2D eigenvalue weighted by Crippen LogP contribution is -2.49. The molecule has 0 bridgehead atoms. The number of nitrogens with one attached hydrogen (secondary N) is 1. The molecule has 1 aromatic heterocycles. The van der Waals surface area contributed by atoms with E-state index in [0.29, 0.717) is 0 Å².